The van der Waals surface area contributed by atoms with E-state index in [4.69, 9.17) is 9.47 Å². The molecule has 0 bridgehead atoms. The Labute approximate surface area is 159 Å². The molecule has 4 rings (SSSR count). The molecule has 2 aromatic heterocycles. The van der Waals surface area contributed by atoms with E-state index in [1.807, 2.05) is 13.0 Å². The Balaban J connectivity index is 1.68. The Morgan fingerprint density at radius 3 is 2.50 bits per heavy atom. The molecule has 10 nitrogen and oxygen atoms in total. The molecule has 1 aliphatic rings. The molecule has 0 saturated carbocycles. The highest BCUT2D eigenvalue weighted by Gasteiger charge is 2.24. The molecule has 0 spiro atoms. The first-order valence-corrected chi connectivity index (χ1v) is 8.46. The third-order valence-corrected chi connectivity index (χ3v) is 4.06. The lowest BCUT2D eigenvalue weighted by molar-refractivity contribution is -0.383. The first kappa shape index (κ1) is 17.5. The van der Waals surface area contributed by atoms with Crippen LogP contribution < -0.4 is 20.1 Å². The minimum atomic E-state index is -0.541. The number of aromatic nitrogens is 3. The standard InChI is InChI=1S/C18H16N6O4/c1-11-3-2-6-19-16(11)23-18-15(24(25)26)17(20-10-21-18)22-12-4-5-13-14(9-12)28-8-7-27-13/h2-6,9-10H,7-8H2,1H3,(H2,19,20,21,22,23). The molecule has 0 amide bonds. The fourth-order valence-electron chi connectivity index (χ4n) is 2.72. The molecule has 0 fully saturated rings. The van der Waals surface area contributed by atoms with Gasteiger partial charge in [-0.1, -0.05) is 6.07 Å². The van der Waals surface area contributed by atoms with Gasteiger partial charge in [0.15, 0.2) is 11.5 Å². The van der Waals surface area contributed by atoms with E-state index in [0.717, 1.165) is 5.56 Å². The number of nitro groups is 1. The van der Waals surface area contributed by atoms with Crippen molar-refractivity contribution in [2.24, 2.45) is 0 Å². The smallest absolute Gasteiger partial charge is 0.353 e. The lowest BCUT2D eigenvalue weighted by Gasteiger charge is -2.19. The summed E-state index contributed by atoms with van der Waals surface area (Å²) in [6, 6.07) is 8.80. The van der Waals surface area contributed by atoms with Gasteiger partial charge >= 0.3 is 5.69 Å². The van der Waals surface area contributed by atoms with Crippen LogP contribution in [0.3, 0.4) is 0 Å². The third-order valence-electron chi connectivity index (χ3n) is 4.06. The lowest BCUT2D eigenvalue weighted by Crippen LogP contribution is -2.15. The van der Waals surface area contributed by atoms with Crippen LogP contribution in [0.4, 0.5) is 28.8 Å². The number of anilines is 4. The zero-order valence-corrected chi connectivity index (χ0v) is 14.9. The molecule has 3 aromatic rings. The van der Waals surface area contributed by atoms with Crippen molar-refractivity contribution in [3.05, 3.63) is 58.5 Å². The molecule has 0 radical (unpaired) electrons. The molecule has 2 N–H and O–H groups in total. The van der Waals surface area contributed by atoms with Gasteiger partial charge in [0.1, 0.15) is 25.4 Å². The summed E-state index contributed by atoms with van der Waals surface area (Å²) in [5.74, 6) is 1.77. The van der Waals surface area contributed by atoms with Crippen molar-refractivity contribution in [3.63, 3.8) is 0 Å². The molecule has 0 atom stereocenters. The number of pyridine rings is 1. The summed E-state index contributed by atoms with van der Waals surface area (Å²) in [6.07, 6.45) is 2.84. The highest BCUT2D eigenvalue weighted by molar-refractivity contribution is 5.77. The van der Waals surface area contributed by atoms with E-state index in [-0.39, 0.29) is 17.3 Å². The van der Waals surface area contributed by atoms with E-state index < -0.39 is 4.92 Å². The van der Waals surface area contributed by atoms with Crippen LogP contribution in [0.15, 0.2) is 42.9 Å². The number of hydrogen-bond donors (Lipinski definition) is 2. The number of fused-ring (bicyclic) bond motifs is 1. The average molecular weight is 380 g/mol. The summed E-state index contributed by atoms with van der Waals surface area (Å²) in [6.45, 7) is 2.78. The van der Waals surface area contributed by atoms with Crippen LogP contribution in [-0.4, -0.2) is 33.1 Å². The second-order valence-corrected chi connectivity index (χ2v) is 5.95. The number of hydrogen-bond acceptors (Lipinski definition) is 9. The molecule has 1 aromatic carbocycles. The maximum Gasteiger partial charge on any atom is 0.353 e. The van der Waals surface area contributed by atoms with Crippen molar-refractivity contribution >= 4 is 28.8 Å². The van der Waals surface area contributed by atoms with Gasteiger partial charge in [0.05, 0.1) is 4.92 Å². The monoisotopic (exact) mass is 380 g/mol. The Kier molecular flexibility index (Phi) is 4.58. The summed E-state index contributed by atoms with van der Waals surface area (Å²) < 4.78 is 11.0. The second-order valence-electron chi connectivity index (χ2n) is 5.95. The van der Waals surface area contributed by atoms with Crippen LogP contribution in [-0.2, 0) is 0 Å². The first-order chi connectivity index (χ1) is 13.6. The molecule has 10 heteroatoms. The highest BCUT2D eigenvalue weighted by atomic mass is 16.6. The molecular weight excluding hydrogens is 364 g/mol. The minimum Gasteiger partial charge on any atom is -0.486 e. The van der Waals surface area contributed by atoms with Crippen molar-refractivity contribution < 1.29 is 14.4 Å². The predicted molar refractivity (Wildman–Crippen MR) is 102 cm³/mol. The maximum absolute atomic E-state index is 11.7. The average Bonchev–Trinajstić information content (AvgIpc) is 2.69. The second kappa shape index (κ2) is 7.35. The number of rotatable bonds is 5. The van der Waals surface area contributed by atoms with Crippen molar-refractivity contribution in [3.8, 4) is 11.5 Å². The van der Waals surface area contributed by atoms with E-state index in [1.54, 1.807) is 30.5 Å². The first-order valence-electron chi connectivity index (χ1n) is 8.46. The van der Waals surface area contributed by atoms with Crippen LogP contribution in [0.2, 0.25) is 0 Å². The van der Waals surface area contributed by atoms with Gasteiger partial charge in [-0.3, -0.25) is 10.1 Å². The normalized spacial score (nSPS) is 12.3. The topological polar surface area (TPSA) is 124 Å². The zero-order valence-electron chi connectivity index (χ0n) is 14.9. The van der Waals surface area contributed by atoms with E-state index in [0.29, 0.717) is 36.2 Å². The maximum atomic E-state index is 11.7. The molecular formula is C18H16N6O4. The van der Waals surface area contributed by atoms with E-state index in [9.17, 15) is 10.1 Å². The van der Waals surface area contributed by atoms with Crippen LogP contribution in [0.1, 0.15) is 5.56 Å². The van der Waals surface area contributed by atoms with Crippen molar-refractivity contribution in [2.45, 2.75) is 6.92 Å². The zero-order chi connectivity index (χ0) is 19.5. The number of ether oxygens (including phenoxy) is 2. The highest BCUT2D eigenvalue weighted by Crippen LogP contribution is 2.36. The summed E-state index contributed by atoms with van der Waals surface area (Å²) in [5, 5.41) is 17.6. The molecule has 142 valence electrons. The Bertz CT molecular complexity index is 1040. The third kappa shape index (κ3) is 3.47. The molecule has 0 aliphatic carbocycles. The van der Waals surface area contributed by atoms with E-state index >= 15 is 0 Å². The van der Waals surface area contributed by atoms with Gasteiger partial charge < -0.3 is 20.1 Å². The Morgan fingerprint density at radius 2 is 1.75 bits per heavy atom. The van der Waals surface area contributed by atoms with Crippen LogP contribution in [0.25, 0.3) is 0 Å². The van der Waals surface area contributed by atoms with Crippen LogP contribution in [0.5, 0.6) is 11.5 Å². The molecule has 0 unspecified atom stereocenters. The largest absolute Gasteiger partial charge is 0.486 e. The summed E-state index contributed by atoms with van der Waals surface area (Å²) in [5.41, 5.74) is 1.12. The fourth-order valence-corrected chi connectivity index (χ4v) is 2.72. The van der Waals surface area contributed by atoms with Crippen LogP contribution in [0, 0.1) is 17.0 Å². The number of nitrogens with one attached hydrogen (secondary N) is 2. The Hall–Kier alpha value is -3.95. The van der Waals surface area contributed by atoms with Gasteiger partial charge in [-0.05, 0) is 30.7 Å². The van der Waals surface area contributed by atoms with Gasteiger partial charge in [0, 0.05) is 18.0 Å². The van der Waals surface area contributed by atoms with Crippen molar-refractivity contribution in [1.29, 1.82) is 0 Å². The predicted octanol–water partition coefficient (Wildman–Crippen LogP) is 3.35. The molecule has 0 saturated heterocycles. The fraction of sp³-hybridized carbons (Fsp3) is 0.167. The summed E-state index contributed by atoms with van der Waals surface area (Å²) in [7, 11) is 0. The van der Waals surface area contributed by atoms with E-state index in [1.165, 1.54) is 6.33 Å². The number of benzene rings is 1. The van der Waals surface area contributed by atoms with Gasteiger partial charge in [-0.2, -0.15) is 0 Å². The summed E-state index contributed by atoms with van der Waals surface area (Å²) >= 11 is 0. The molecule has 3 heterocycles. The Morgan fingerprint density at radius 1 is 1.00 bits per heavy atom. The van der Waals surface area contributed by atoms with Crippen molar-refractivity contribution in [1.82, 2.24) is 15.0 Å². The minimum absolute atomic E-state index is 0.0434. The van der Waals surface area contributed by atoms with Gasteiger partial charge in [0.2, 0.25) is 11.6 Å². The quantitative estimate of drug-likeness (QED) is 0.506. The lowest BCUT2D eigenvalue weighted by atomic mass is 10.2. The van der Waals surface area contributed by atoms with E-state index in [2.05, 4.69) is 25.6 Å². The SMILES string of the molecule is Cc1cccnc1Nc1ncnc(Nc2ccc3c(c2)OCCO3)c1[N+](=O)[O-]. The summed E-state index contributed by atoms with van der Waals surface area (Å²) in [4.78, 5) is 23.4. The molecule has 1 aliphatic heterocycles. The van der Waals surface area contributed by atoms with Gasteiger partial charge in [0.25, 0.3) is 0 Å². The van der Waals surface area contributed by atoms with Gasteiger partial charge in [-0.25, -0.2) is 15.0 Å². The van der Waals surface area contributed by atoms with Crippen molar-refractivity contribution in [2.75, 3.05) is 23.8 Å². The number of nitrogens with zero attached hydrogens (tertiary/aromatic N) is 4. The van der Waals surface area contributed by atoms with Gasteiger partial charge in [-0.15, -0.1) is 0 Å². The number of aryl methyl sites for hydroxylation is 1. The molecule has 28 heavy (non-hydrogen) atoms. The van der Waals surface area contributed by atoms with Crippen LogP contribution >= 0.6 is 0 Å².